The number of nitrogens with two attached hydrogens (primary N) is 1. The maximum atomic E-state index is 13.3. The van der Waals surface area contributed by atoms with Crippen LogP contribution in [0.5, 0.6) is 5.75 Å². The third-order valence-electron chi connectivity index (χ3n) is 6.29. The van der Waals surface area contributed by atoms with Crippen molar-refractivity contribution in [2.24, 2.45) is 5.73 Å². The lowest BCUT2D eigenvalue weighted by atomic mass is 10.1. The van der Waals surface area contributed by atoms with Crippen molar-refractivity contribution in [3.8, 4) is 5.75 Å². The second kappa shape index (κ2) is 8.98. The van der Waals surface area contributed by atoms with E-state index in [2.05, 4.69) is 29.6 Å². The maximum Gasteiger partial charge on any atom is 0.312 e. The maximum absolute atomic E-state index is 13.3. The van der Waals surface area contributed by atoms with Crippen LogP contribution in [-0.2, 0) is 11.2 Å². The number of nitrogens with zero attached hydrogens (tertiary/aromatic N) is 2. The Morgan fingerprint density at radius 3 is 2.32 bits per heavy atom. The van der Waals surface area contributed by atoms with Crippen LogP contribution in [0.2, 0.25) is 0 Å². The zero-order valence-corrected chi connectivity index (χ0v) is 18.1. The number of benzene rings is 2. The fraction of sp³-hybridized carbons (Fsp3) is 0.417. The number of nitrogens with one attached hydrogen (secondary N) is 1. The van der Waals surface area contributed by atoms with Gasteiger partial charge in [0.2, 0.25) is 5.91 Å². The van der Waals surface area contributed by atoms with Gasteiger partial charge in [0.25, 0.3) is 0 Å². The summed E-state index contributed by atoms with van der Waals surface area (Å²) in [4.78, 5) is 28.5. The standard InChI is InChI=1S/C24H30N4O3/c1-27-21(15-26-24(25)30)23(29)28(14-13-16-3-11-20(31-2)12-4-16)22(27)19-9-7-18(8-10-19)17-5-6-17/h3-4,7-12,17,21-22H,5-6,13-15H2,1-2H3,(H3,25,26,30)/t21-,22-/m0/s1. The van der Waals surface area contributed by atoms with E-state index in [-0.39, 0.29) is 18.6 Å². The van der Waals surface area contributed by atoms with E-state index in [1.54, 1.807) is 7.11 Å². The van der Waals surface area contributed by atoms with Gasteiger partial charge in [-0.2, -0.15) is 0 Å². The fourth-order valence-electron chi connectivity index (χ4n) is 4.35. The molecule has 2 fully saturated rings. The van der Waals surface area contributed by atoms with E-state index < -0.39 is 12.1 Å². The number of amides is 3. The summed E-state index contributed by atoms with van der Waals surface area (Å²) in [6, 6.07) is 15.5. The monoisotopic (exact) mass is 422 g/mol. The van der Waals surface area contributed by atoms with E-state index in [4.69, 9.17) is 10.5 Å². The molecular formula is C24H30N4O3. The number of carbonyl (C=O) groups excluding carboxylic acids is 2. The first-order valence-electron chi connectivity index (χ1n) is 10.8. The van der Waals surface area contributed by atoms with Gasteiger partial charge < -0.3 is 20.7 Å². The van der Waals surface area contributed by atoms with Gasteiger partial charge in [0.1, 0.15) is 18.0 Å². The summed E-state index contributed by atoms with van der Waals surface area (Å²) < 4.78 is 5.23. The van der Waals surface area contributed by atoms with Crippen LogP contribution in [0.15, 0.2) is 48.5 Å². The molecule has 2 aliphatic rings. The Bertz CT molecular complexity index is 925. The molecule has 1 aliphatic heterocycles. The van der Waals surface area contributed by atoms with Crippen LogP contribution in [0.25, 0.3) is 0 Å². The Morgan fingerprint density at radius 2 is 1.74 bits per heavy atom. The molecule has 2 aromatic carbocycles. The number of likely N-dealkylation sites (N-methyl/N-ethyl adjacent to an activating group) is 1. The van der Waals surface area contributed by atoms with Crippen LogP contribution in [0.4, 0.5) is 4.79 Å². The largest absolute Gasteiger partial charge is 0.497 e. The first-order chi connectivity index (χ1) is 15.0. The molecule has 0 aromatic heterocycles. The van der Waals surface area contributed by atoms with Gasteiger partial charge in [0, 0.05) is 13.1 Å². The molecule has 3 amide bonds. The van der Waals surface area contributed by atoms with Crippen LogP contribution in [0.1, 0.15) is 41.6 Å². The summed E-state index contributed by atoms with van der Waals surface area (Å²) in [5.41, 5.74) is 8.83. The van der Waals surface area contributed by atoms with Gasteiger partial charge in [-0.05, 0) is 61.1 Å². The molecule has 4 rings (SSSR count). The van der Waals surface area contributed by atoms with Gasteiger partial charge in [-0.25, -0.2) is 4.79 Å². The van der Waals surface area contributed by atoms with Crippen LogP contribution in [0, 0.1) is 0 Å². The first kappa shape index (κ1) is 21.2. The minimum atomic E-state index is -0.622. The number of urea groups is 1. The number of hydrogen-bond acceptors (Lipinski definition) is 4. The van der Waals surface area contributed by atoms with E-state index in [0.29, 0.717) is 12.5 Å². The average molecular weight is 423 g/mol. The summed E-state index contributed by atoms with van der Waals surface area (Å²) >= 11 is 0. The Hall–Kier alpha value is -3.06. The number of ether oxygens (including phenoxy) is 1. The van der Waals surface area contributed by atoms with Gasteiger partial charge in [0.15, 0.2) is 0 Å². The van der Waals surface area contributed by atoms with Gasteiger partial charge >= 0.3 is 6.03 Å². The quantitative estimate of drug-likeness (QED) is 0.685. The Morgan fingerprint density at radius 1 is 1.10 bits per heavy atom. The Balaban J connectivity index is 1.54. The van der Waals surface area contributed by atoms with Crippen molar-refractivity contribution in [2.75, 3.05) is 27.2 Å². The summed E-state index contributed by atoms with van der Waals surface area (Å²) in [6.45, 7) is 0.776. The van der Waals surface area contributed by atoms with Crippen LogP contribution < -0.4 is 15.8 Å². The van der Waals surface area contributed by atoms with Crippen molar-refractivity contribution in [1.82, 2.24) is 15.1 Å². The molecule has 0 spiro atoms. The van der Waals surface area contributed by atoms with Gasteiger partial charge in [-0.3, -0.25) is 9.69 Å². The predicted molar refractivity (Wildman–Crippen MR) is 119 cm³/mol. The smallest absolute Gasteiger partial charge is 0.312 e. The van der Waals surface area contributed by atoms with Crippen molar-refractivity contribution in [1.29, 1.82) is 0 Å². The molecule has 164 valence electrons. The predicted octanol–water partition coefficient (Wildman–Crippen LogP) is 2.62. The number of primary amides is 1. The zero-order valence-electron chi connectivity index (χ0n) is 18.1. The lowest BCUT2D eigenvalue weighted by Gasteiger charge is -2.29. The van der Waals surface area contributed by atoms with E-state index in [1.807, 2.05) is 41.1 Å². The highest BCUT2D eigenvalue weighted by atomic mass is 16.5. The summed E-state index contributed by atoms with van der Waals surface area (Å²) in [7, 11) is 3.57. The molecular weight excluding hydrogens is 392 g/mol. The molecule has 1 saturated heterocycles. The molecule has 1 saturated carbocycles. The molecule has 0 bridgehead atoms. The highest BCUT2D eigenvalue weighted by Crippen LogP contribution is 2.41. The third-order valence-corrected chi connectivity index (χ3v) is 6.29. The SMILES string of the molecule is COc1ccc(CCN2C(=O)[C@H](CNC(N)=O)N(C)[C@@H]2c2ccc(C3CC3)cc2)cc1. The Kier molecular flexibility index (Phi) is 6.13. The molecule has 1 heterocycles. The Labute approximate surface area is 183 Å². The topological polar surface area (TPSA) is 87.9 Å². The van der Waals surface area contributed by atoms with E-state index in [9.17, 15) is 9.59 Å². The van der Waals surface area contributed by atoms with Crippen molar-refractivity contribution < 1.29 is 14.3 Å². The molecule has 0 radical (unpaired) electrons. The van der Waals surface area contributed by atoms with Crippen molar-refractivity contribution >= 4 is 11.9 Å². The zero-order chi connectivity index (χ0) is 22.0. The van der Waals surface area contributed by atoms with Crippen LogP contribution in [0.3, 0.4) is 0 Å². The molecule has 7 heteroatoms. The molecule has 31 heavy (non-hydrogen) atoms. The second-order valence-corrected chi connectivity index (χ2v) is 8.37. The van der Waals surface area contributed by atoms with Crippen LogP contribution >= 0.6 is 0 Å². The van der Waals surface area contributed by atoms with Crippen molar-refractivity contribution in [2.45, 2.75) is 37.4 Å². The number of rotatable bonds is 8. The van der Waals surface area contributed by atoms with E-state index in [1.165, 1.54) is 18.4 Å². The molecule has 3 N–H and O–H groups in total. The van der Waals surface area contributed by atoms with Gasteiger partial charge in [0.05, 0.1) is 7.11 Å². The minimum Gasteiger partial charge on any atom is -0.497 e. The highest BCUT2D eigenvalue weighted by Gasteiger charge is 2.44. The normalized spacial score (nSPS) is 21.4. The summed E-state index contributed by atoms with van der Waals surface area (Å²) in [5.74, 6) is 1.50. The molecule has 7 nitrogen and oxygen atoms in total. The number of carbonyl (C=O) groups is 2. The fourth-order valence-corrected chi connectivity index (χ4v) is 4.35. The van der Waals surface area contributed by atoms with Crippen molar-refractivity contribution in [3.05, 3.63) is 65.2 Å². The highest BCUT2D eigenvalue weighted by molar-refractivity contribution is 5.85. The molecule has 0 unspecified atom stereocenters. The third kappa shape index (κ3) is 4.66. The average Bonchev–Trinajstić information content (AvgIpc) is 3.59. The molecule has 2 atom stereocenters. The van der Waals surface area contributed by atoms with Gasteiger partial charge in [-0.1, -0.05) is 36.4 Å². The lowest BCUT2D eigenvalue weighted by molar-refractivity contribution is -0.130. The van der Waals surface area contributed by atoms with Crippen LogP contribution in [-0.4, -0.2) is 55.0 Å². The molecule has 1 aliphatic carbocycles. The summed E-state index contributed by atoms with van der Waals surface area (Å²) in [5, 5.41) is 2.60. The minimum absolute atomic E-state index is 0.000955. The second-order valence-electron chi connectivity index (χ2n) is 8.37. The van der Waals surface area contributed by atoms with E-state index in [0.717, 1.165) is 23.3 Å². The lowest BCUT2D eigenvalue weighted by Crippen LogP contribution is -2.44. The number of hydrogen-bond donors (Lipinski definition) is 2. The van der Waals surface area contributed by atoms with Gasteiger partial charge in [-0.15, -0.1) is 0 Å². The first-order valence-corrected chi connectivity index (χ1v) is 10.8. The van der Waals surface area contributed by atoms with Crippen molar-refractivity contribution in [3.63, 3.8) is 0 Å². The summed E-state index contributed by atoms with van der Waals surface area (Å²) in [6.07, 6.45) is 3.07. The number of methoxy groups -OCH3 is 1. The van der Waals surface area contributed by atoms with E-state index >= 15 is 0 Å². The molecule has 2 aromatic rings.